The van der Waals surface area contributed by atoms with Crippen molar-refractivity contribution in [3.05, 3.63) is 55.1 Å². The van der Waals surface area contributed by atoms with Gasteiger partial charge in [0, 0.05) is 14.9 Å². The third kappa shape index (κ3) is 3.40. The van der Waals surface area contributed by atoms with E-state index >= 15 is 0 Å². The lowest BCUT2D eigenvalue weighted by Gasteiger charge is -2.21. The predicted octanol–water partition coefficient (Wildman–Crippen LogP) is 5.56. The molecule has 0 aliphatic carbocycles. The molecule has 1 aromatic heterocycles. The molecule has 102 valence electrons. The molecule has 1 heterocycles. The van der Waals surface area contributed by atoms with Crippen molar-refractivity contribution in [1.82, 2.24) is 5.32 Å². The van der Waals surface area contributed by atoms with E-state index in [1.165, 1.54) is 5.56 Å². The fourth-order valence-corrected chi connectivity index (χ4v) is 3.85. The van der Waals surface area contributed by atoms with Crippen LogP contribution in [0.1, 0.15) is 36.1 Å². The van der Waals surface area contributed by atoms with Crippen molar-refractivity contribution in [1.29, 1.82) is 0 Å². The Morgan fingerprint density at radius 3 is 2.74 bits per heavy atom. The normalized spacial score (nSPS) is 12.6. The first-order valence-electron chi connectivity index (χ1n) is 6.35. The Labute approximate surface area is 132 Å². The third-order valence-corrected chi connectivity index (χ3v) is 5.35. The molecule has 0 saturated heterocycles. The highest BCUT2D eigenvalue weighted by atomic mass is 79.9. The van der Waals surface area contributed by atoms with Crippen LogP contribution in [0.4, 0.5) is 0 Å². The molecule has 0 saturated carbocycles. The minimum absolute atomic E-state index is 0.146. The van der Waals surface area contributed by atoms with Crippen molar-refractivity contribution in [2.24, 2.45) is 0 Å². The van der Waals surface area contributed by atoms with Gasteiger partial charge in [0.2, 0.25) is 0 Å². The molecule has 0 aliphatic rings. The van der Waals surface area contributed by atoms with Crippen molar-refractivity contribution in [2.45, 2.75) is 26.3 Å². The zero-order valence-electron chi connectivity index (χ0n) is 11.0. The maximum Gasteiger partial charge on any atom is 0.0611 e. The van der Waals surface area contributed by atoms with Crippen molar-refractivity contribution >= 4 is 38.9 Å². The fourth-order valence-electron chi connectivity index (χ4n) is 2.07. The molecule has 0 bridgehead atoms. The number of rotatable bonds is 5. The Morgan fingerprint density at radius 2 is 2.11 bits per heavy atom. The molecule has 4 heteroatoms. The van der Waals surface area contributed by atoms with Gasteiger partial charge in [0.25, 0.3) is 0 Å². The highest BCUT2D eigenvalue weighted by Crippen LogP contribution is 2.35. The Balaban J connectivity index is 2.43. The molecule has 0 amide bonds. The van der Waals surface area contributed by atoms with E-state index < -0.39 is 0 Å². The van der Waals surface area contributed by atoms with E-state index in [2.05, 4.69) is 51.1 Å². The highest BCUT2D eigenvalue weighted by molar-refractivity contribution is 9.10. The molecule has 1 unspecified atom stereocenters. The van der Waals surface area contributed by atoms with Crippen molar-refractivity contribution in [3.63, 3.8) is 0 Å². The summed E-state index contributed by atoms with van der Waals surface area (Å²) >= 11 is 11.8. The minimum Gasteiger partial charge on any atom is -0.306 e. The number of thiophene rings is 1. The van der Waals surface area contributed by atoms with Crippen LogP contribution in [0.2, 0.25) is 5.02 Å². The van der Waals surface area contributed by atoms with Crippen LogP contribution in [-0.4, -0.2) is 6.54 Å². The summed E-state index contributed by atoms with van der Waals surface area (Å²) in [5, 5.41) is 8.73. The first-order valence-corrected chi connectivity index (χ1v) is 8.46. The Bertz CT molecular complexity index is 553. The summed E-state index contributed by atoms with van der Waals surface area (Å²) in [7, 11) is 0. The first-order chi connectivity index (χ1) is 9.15. The molecule has 1 N–H and O–H groups in total. The smallest absolute Gasteiger partial charge is 0.0611 e. The van der Waals surface area contributed by atoms with E-state index in [0.717, 1.165) is 33.6 Å². The van der Waals surface area contributed by atoms with Gasteiger partial charge in [-0.3, -0.25) is 0 Å². The van der Waals surface area contributed by atoms with Gasteiger partial charge in [-0.1, -0.05) is 36.7 Å². The summed E-state index contributed by atoms with van der Waals surface area (Å²) in [6, 6.07) is 6.36. The third-order valence-electron chi connectivity index (χ3n) is 3.08. The first kappa shape index (κ1) is 15.0. The zero-order valence-corrected chi connectivity index (χ0v) is 14.2. The maximum atomic E-state index is 6.48. The molecule has 0 aliphatic heterocycles. The average Bonchev–Trinajstić information content (AvgIpc) is 2.81. The largest absolute Gasteiger partial charge is 0.306 e. The van der Waals surface area contributed by atoms with Crippen molar-refractivity contribution in [3.8, 4) is 0 Å². The Hall–Kier alpha value is -0.350. The average molecular weight is 359 g/mol. The van der Waals surface area contributed by atoms with Crippen LogP contribution in [0.5, 0.6) is 0 Å². The standard InChI is InChI=1S/C15H17BrClNS/c1-3-7-18-15(12-8-19-9-13(12)16)11-6-4-5-10(2)14(11)17/h4-6,8-9,15,18H,3,7H2,1-2H3. The molecular formula is C15H17BrClNS. The maximum absolute atomic E-state index is 6.48. The van der Waals surface area contributed by atoms with Crippen LogP contribution >= 0.6 is 38.9 Å². The lowest BCUT2D eigenvalue weighted by Crippen LogP contribution is -2.23. The zero-order chi connectivity index (χ0) is 13.8. The summed E-state index contributed by atoms with van der Waals surface area (Å²) in [6.45, 7) is 5.19. The summed E-state index contributed by atoms with van der Waals surface area (Å²) in [4.78, 5) is 0. The molecule has 0 fully saturated rings. The number of benzene rings is 1. The molecule has 2 aromatic rings. The second-order valence-electron chi connectivity index (χ2n) is 4.54. The molecule has 1 aromatic carbocycles. The number of hydrogen-bond donors (Lipinski definition) is 1. The summed E-state index contributed by atoms with van der Waals surface area (Å²) < 4.78 is 1.14. The van der Waals surface area contributed by atoms with Crippen LogP contribution in [0, 0.1) is 6.92 Å². The number of nitrogens with one attached hydrogen (secondary N) is 1. The predicted molar refractivity (Wildman–Crippen MR) is 88.3 cm³/mol. The summed E-state index contributed by atoms with van der Waals surface area (Å²) in [6.07, 6.45) is 1.10. The molecule has 1 nitrogen and oxygen atoms in total. The molecule has 1 atom stereocenters. The van der Waals surface area contributed by atoms with Gasteiger partial charge in [-0.25, -0.2) is 0 Å². The van der Waals surface area contributed by atoms with E-state index in [9.17, 15) is 0 Å². The minimum atomic E-state index is 0.146. The summed E-state index contributed by atoms with van der Waals surface area (Å²) in [5.41, 5.74) is 3.52. The van der Waals surface area contributed by atoms with Crippen LogP contribution in [0.15, 0.2) is 33.4 Å². The molecule has 0 spiro atoms. The fraction of sp³-hybridized carbons (Fsp3) is 0.333. The molecular weight excluding hydrogens is 342 g/mol. The molecule has 2 rings (SSSR count). The number of hydrogen-bond acceptors (Lipinski definition) is 2. The number of aryl methyl sites for hydroxylation is 1. The lowest BCUT2D eigenvalue weighted by atomic mass is 9.99. The Morgan fingerprint density at radius 1 is 1.32 bits per heavy atom. The van der Waals surface area contributed by atoms with E-state index in [1.807, 2.05) is 13.0 Å². The van der Waals surface area contributed by atoms with Gasteiger partial charge in [-0.15, -0.1) is 0 Å². The van der Waals surface area contributed by atoms with Crippen molar-refractivity contribution in [2.75, 3.05) is 6.54 Å². The van der Waals surface area contributed by atoms with Crippen LogP contribution in [0.3, 0.4) is 0 Å². The van der Waals surface area contributed by atoms with Gasteiger partial charge >= 0.3 is 0 Å². The van der Waals surface area contributed by atoms with E-state index in [-0.39, 0.29) is 6.04 Å². The monoisotopic (exact) mass is 357 g/mol. The van der Waals surface area contributed by atoms with Gasteiger partial charge in [0.05, 0.1) is 6.04 Å². The second-order valence-corrected chi connectivity index (χ2v) is 6.52. The Kier molecular flexibility index (Phi) is 5.46. The van der Waals surface area contributed by atoms with Crippen LogP contribution in [-0.2, 0) is 0 Å². The van der Waals surface area contributed by atoms with E-state index in [4.69, 9.17) is 11.6 Å². The second kappa shape index (κ2) is 6.89. The number of halogens is 2. The summed E-state index contributed by atoms with van der Waals surface area (Å²) in [5.74, 6) is 0. The molecule has 19 heavy (non-hydrogen) atoms. The van der Waals surface area contributed by atoms with Crippen LogP contribution in [0.25, 0.3) is 0 Å². The van der Waals surface area contributed by atoms with E-state index in [1.54, 1.807) is 11.3 Å². The SMILES string of the molecule is CCCNC(c1cscc1Br)c1cccc(C)c1Cl. The molecule has 0 radical (unpaired) electrons. The van der Waals surface area contributed by atoms with Gasteiger partial charge in [-0.05, 0) is 57.9 Å². The van der Waals surface area contributed by atoms with Gasteiger partial charge in [0.15, 0.2) is 0 Å². The lowest BCUT2D eigenvalue weighted by molar-refractivity contribution is 0.598. The van der Waals surface area contributed by atoms with Gasteiger partial charge in [0.1, 0.15) is 0 Å². The quantitative estimate of drug-likeness (QED) is 0.737. The van der Waals surface area contributed by atoms with Crippen LogP contribution < -0.4 is 5.32 Å². The van der Waals surface area contributed by atoms with Gasteiger partial charge in [-0.2, -0.15) is 11.3 Å². The van der Waals surface area contributed by atoms with Gasteiger partial charge < -0.3 is 5.32 Å². The van der Waals surface area contributed by atoms with Crippen molar-refractivity contribution < 1.29 is 0 Å². The topological polar surface area (TPSA) is 12.0 Å². The van der Waals surface area contributed by atoms with E-state index in [0.29, 0.717) is 0 Å². The highest BCUT2D eigenvalue weighted by Gasteiger charge is 2.19.